The third-order valence-corrected chi connectivity index (χ3v) is 3.28. The van der Waals surface area contributed by atoms with Crippen LogP contribution >= 0.6 is 15.9 Å². The van der Waals surface area contributed by atoms with Gasteiger partial charge in [0.25, 0.3) is 0 Å². The lowest BCUT2D eigenvalue weighted by Gasteiger charge is -2.06. The second-order valence-electron chi connectivity index (χ2n) is 4.06. The zero-order chi connectivity index (χ0) is 13.1. The molecule has 0 saturated heterocycles. The maximum atomic E-state index is 13.5. The summed E-state index contributed by atoms with van der Waals surface area (Å²) < 4.78 is 16.3. The maximum absolute atomic E-state index is 13.5. The van der Waals surface area contributed by atoms with Gasteiger partial charge in [-0.2, -0.15) is 0 Å². The van der Waals surface area contributed by atoms with E-state index in [1.165, 1.54) is 6.07 Å². The van der Waals surface area contributed by atoms with E-state index in [2.05, 4.69) is 31.4 Å². The van der Waals surface area contributed by atoms with Crippen LogP contribution in [-0.4, -0.2) is 14.8 Å². The molecule has 6 heteroatoms. The molecule has 2 rings (SSSR count). The highest BCUT2D eigenvalue weighted by Gasteiger charge is 2.06. The minimum Gasteiger partial charge on any atom is -0.317 e. The average Bonchev–Trinajstić information content (AvgIpc) is 2.65. The molecule has 0 aliphatic rings. The Kier molecular flexibility index (Phi) is 4.08. The van der Waals surface area contributed by atoms with Crippen LogP contribution < -0.4 is 5.32 Å². The highest BCUT2D eigenvalue weighted by atomic mass is 79.9. The second-order valence-corrected chi connectivity index (χ2v) is 4.98. The van der Waals surface area contributed by atoms with Crippen molar-refractivity contribution >= 4 is 15.9 Å². The molecule has 1 aromatic carbocycles. The molecular formula is C12H14BrFN4. The SMILES string of the molecule is Cc1nnc(CNCc2cc(Br)ccc2F)n1C. The Balaban J connectivity index is 1.96. The van der Waals surface area contributed by atoms with Crippen molar-refractivity contribution in [2.45, 2.75) is 20.0 Å². The molecule has 0 fully saturated rings. The number of aryl methyl sites for hydroxylation is 1. The topological polar surface area (TPSA) is 42.7 Å². The van der Waals surface area contributed by atoms with Gasteiger partial charge in [0.1, 0.15) is 17.5 Å². The van der Waals surface area contributed by atoms with E-state index in [1.807, 2.05) is 18.5 Å². The van der Waals surface area contributed by atoms with Gasteiger partial charge in [-0.3, -0.25) is 0 Å². The molecular weight excluding hydrogens is 299 g/mol. The van der Waals surface area contributed by atoms with Gasteiger partial charge >= 0.3 is 0 Å². The molecule has 4 nitrogen and oxygen atoms in total. The van der Waals surface area contributed by atoms with Crippen LogP contribution in [0, 0.1) is 12.7 Å². The van der Waals surface area contributed by atoms with E-state index in [4.69, 9.17) is 0 Å². The van der Waals surface area contributed by atoms with Crippen molar-refractivity contribution in [3.8, 4) is 0 Å². The van der Waals surface area contributed by atoms with Crippen LogP contribution in [0.5, 0.6) is 0 Å². The number of hydrogen-bond acceptors (Lipinski definition) is 3. The average molecular weight is 313 g/mol. The van der Waals surface area contributed by atoms with Crippen LogP contribution in [0.3, 0.4) is 0 Å². The zero-order valence-electron chi connectivity index (χ0n) is 10.2. The Hall–Kier alpha value is -1.27. The molecule has 1 N–H and O–H groups in total. The third kappa shape index (κ3) is 2.94. The van der Waals surface area contributed by atoms with Gasteiger partial charge in [-0.25, -0.2) is 4.39 Å². The largest absolute Gasteiger partial charge is 0.317 e. The van der Waals surface area contributed by atoms with Crippen molar-refractivity contribution in [1.82, 2.24) is 20.1 Å². The molecule has 1 heterocycles. The lowest BCUT2D eigenvalue weighted by molar-refractivity contribution is 0.576. The van der Waals surface area contributed by atoms with E-state index < -0.39 is 0 Å². The number of benzene rings is 1. The van der Waals surface area contributed by atoms with E-state index in [9.17, 15) is 4.39 Å². The molecule has 0 unspecified atom stereocenters. The van der Waals surface area contributed by atoms with Crippen molar-refractivity contribution in [1.29, 1.82) is 0 Å². The molecule has 0 radical (unpaired) electrons. The fourth-order valence-electron chi connectivity index (χ4n) is 1.59. The fourth-order valence-corrected chi connectivity index (χ4v) is 2.00. The summed E-state index contributed by atoms with van der Waals surface area (Å²) in [5.74, 6) is 1.49. The molecule has 18 heavy (non-hydrogen) atoms. The van der Waals surface area contributed by atoms with E-state index in [1.54, 1.807) is 12.1 Å². The lowest BCUT2D eigenvalue weighted by Crippen LogP contribution is -2.16. The Morgan fingerprint density at radius 1 is 1.33 bits per heavy atom. The summed E-state index contributed by atoms with van der Waals surface area (Å²) in [6, 6.07) is 4.91. The van der Waals surface area contributed by atoms with Crippen molar-refractivity contribution in [2.75, 3.05) is 0 Å². The van der Waals surface area contributed by atoms with Crippen molar-refractivity contribution in [3.05, 3.63) is 45.7 Å². The van der Waals surface area contributed by atoms with Crippen LogP contribution in [0.25, 0.3) is 0 Å². The Labute approximate surface area is 113 Å². The Morgan fingerprint density at radius 3 is 2.78 bits per heavy atom. The number of hydrogen-bond donors (Lipinski definition) is 1. The second kappa shape index (κ2) is 5.58. The molecule has 0 amide bonds. The van der Waals surface area contributed by atoms with Gasteiger partial charge in [0.2, 0.25) is 0 Å². The van der Waals surface area contributed by atoms with Crippen molar-refractivity contribution in [2.24, 2.45) is 7.05 Å². The molecule has 2 aromatic rings. The Bertz CT molecular complexity index is 553. The normalized spacial score (nSPS) is 10.9. The molecule has 0 bridgehead atoms. The first-order chi connectivity index (χ1) is 8.58. The standard InChI is InChI=1S/C12H14BrFN4/c1-8-16-17-12(18(8)2)7-15-6-9-5-10(13)3-4-11(9)14/h3-5,15H,6-7H2,1-2H3. The van der Waals surface area contributed by atoms with Crippen LogP contribution in [0.2, 0.25) is 0 Å². The first kappa shape index (κ1) is 13.2. The molecule has 0 aliphatic carbocycles. The first-order valence-electron chi connectivity index (χ1n) is 5.57. The highest BCUT2D eigenvalue weighted by molar-refractivity contribution is 9.10. The summed E-state index contributed by atoms with van der Waals surface area (Å²) in [5, 5.41) is 11.2. The minimum atomic E-state index is -0.208. The van der Waals surface area contributed by atoms with Gasteiger partial charge in [0.05, 0.1) is 6.54 Å². The number of nitrogens with zero attached hydrogens (tertiary/aromatic N) is 3. The summed E-state index contributed by atoms with van der Waals surface area (Å²) in [4.78, 5) is 0. The Morgan fingerprint density at radius 2 is 2.11 bits per heavy atom. The van der Waals surface area contributed by atoms with Crippen molar-refractivity contribution < 1.29 is 4.39 Å². The highest BCUT2D eigenvalue weighted by Crippen LogP contribution is 2.15. The van der Waals surface area contributed by atoms with Gasteiger partial charge in [0.15, 0.2) is 0 Å². The fraction of sp³-hybridized carbons (Fsp3) is 0.333. The summed E-state index contributed by atoms with van der Waals surface area (Å²) in [7, 11) is 1.91. The predicted octanol–water partition coefficient (Wildman–Crippen LogP) is 2.31. The summed E-state index contributed by atoms with van der Waals surface area (Å²) >= 11 is 3.33. The molecule has 0 spiro atoms. The van der Waals surface area contributed by atoms with Crippen LogP contribution in [0.15, 0.2) is 22.7 Å². The van der Waals surface area contributed by atoms with Crippen LogP contribution in [0.4, 0.5) is 4.39 Å². The minimum absolute atomic E-state index is 0.208. The number of nitrogens with one attached hydrogen (secondary N) is 1. The van der Waals surface area contributed by atoms with Gasteiger partial charge in [-0.1, -0.05) is 15.9 Å². The summed E-state index contributed by atoms with van der Waals surface area (Å²) in [6.07, 6.45) is 0. The molecule has 96 valence electrons. The zero-order valence-corrected chi connectivity index (χ0v) is 11.8. The van der Waals surface area contributed by atoms with Gasteiger partial charge < -0.3 is 9.88 Å². The molecule has 0 aliphatic heterocycles. The maximum Gasteiger partial charge on any atom is 0.146 e. The van der Waals surface area contributed by atoms with E-state index in [-0.39, 0.29) is 5.82 Å². The van der Waals surface area contributed by atoms with E-state index >= 15 is 0 Å². The van der Waals surface area contributed by atoms with E-state index in [0.29, 0.717) is 18.7 Å². The smallest absolute Gasteiger partial charge is 0.146 e. The number of rotatable bonds is 4. The van der Waals surface area contributed by atoms with Crippen LogP contribution in [-0.2, 0) is 20.1 Å². The number of aromatic nitrogens is 3. The lowest BCUT2D eigenvalue weighted by atomic mass is 10.2. The monoisotopic (exact) mass is 312 g/mol. The first-order valence-corrected chi connectivity index (χ1v) is 6.36. The quantitative estimate of drug-likeness (QED) is 0.942. The summed E-state index contributed by atoms with van der Waals surface area (Å²) in [6.45, 7) is 2.91. The van der Waals surface area contributed by atoms with Gasteiger partial charge in [-0.15, -0.1) is 10.2 Å². The van der Waals surface area contributed by atoms with Gasteiger partial charge in [-0.05, 0) is 25.1 Å². The molecule has 1 aromatic heterocycles. The van der Waals surface area contributed by atoms with Gasteiger partial charge in [0, 0.05) is 23.6 Å². The molecule has 0 atom stereocenters. The predicted molar refractivity (Wildman–Crippen MR) is 70.4 cm³/mol. The summed E-state index contributed by atoms with van der Waals surface area (Å²) in [5.41, 5.74) is 0.628. The van der Waals surface area contributed by atoms with E-state index in [0.717, 1.165) is 16.1 Å². The van der Waals surface area contributed by atoms with Crippen molar-refractivity contribution in [3.63, 3.8) is 0 Å². The third-order valence-electron chi connectivity index (χ3n) is 2.79. The molecule has 0 saturated carbocycles. The van der Waals surface area contributed by atoms with Crippen LogP contribution in [0.1, 0.15) is 17.2 Å². The number of halogens is 2.